The van der Waals surface area contributed by atoms with Gasteiger partial charge in [-0.25, -0.2) is 4.57 Å². The van der Waals surface area contributed by atoms with Crippen molar-refractivity contribution in [2.24, 2.45) is 0 Å². The van der Waals surface area contributed by atoms with Gasteiger partial charge in [0, 0.05) is 11.2 Å². The average Bonchev–Trinajstić information content (AvgIpc) is 2.27. The zero-order valence-corrected chi connectivity index (χ0v) is 12.3. The molecule has 0 heterocycles. The van der Waals surface area contributed by atoms with Crippen molar-refractivity contribution in [2.45, 2.75) is 13.8 Å². The number of para-hydroxylation sites is 1. The molecule has 0 bridgehead atoms. The maximum atomic E-state index is 12.1. The molecule has 0 saturated heterocycles. The predicted octanol–water partition coefficient (Wildman–Crippen LogP) is 5.11. The minimum absolute atomic E-state index is 0.408. The quantitative estimate of drug-likeness (QED) is 0.736. The molecule has 1 unspecified atom stereocenters. The topological polar surface area (TPSA) is 35.5 Å². The van der Waals surface area contributed by atoms with Gasteiger partial charge < -0.3 is 9.05 Å². The van der Waals surface area contributed by atoms with Gasteiger partial charge in [0.2, 0.25) is 0 Å². The molecule has 0 aliphatic rings. The zero-order chi connectivity index (χ0) is 13.9. The lowest BCUT2D eigenvalue weighted by Crippen LogP contribution is -1.95. The van der Waals surface area contributed by atoms with Crippen LogP contribution in [0.1, 0.15) is 11.1 Å². The molecule has 19 heavy (non-hydrogen) atoms. The molecule has 0 spiro atoms. The molecule has 0 radical (unpaired) electrons. The van der Waals surface area contributed by atoms with Crippen LogP contribution in [0.2, 0.25) is 0 Å². The van der Waals surface area contributed by atoms with Crippen LogP contribution in [0.15, 0.2) is 48.5 Å². The Bertz CT molecular complexity index is 593. The lowest BCUT2D eigenvalue weighted by atomic mass is 10.1. The van der Waals surface area contributed by atoms with Gasteiger partial charge in [0.15, 0.2) is 0 Å². The first-order valence-electron chi connectivity index (χ1n) is 5.77. The normalized spacial score (nSPS) is 13.6. The van der Waals surface area contributed by atoms with Crippen molar-refractivity contribution in [2.75, 3.05) is 0 Å². The van der Waals surface area contributed by atoms with Crippen molar-refractivity contribution in [1.29, 1.82) is 0 Å². The molecule has 0 aromatic heterocycles. The number of hydrogen-bond donors (Lipinski definition) is 0. The van der Waals surface area contributed by atoms with E-state index in [0.717, 1.165) is 11.1 Å². The fourth-order valence-corrected chi connectivity index (χ4v) is 2.98. The average molecular weight is 297 g/mol. The molecular weight excluding hydrogens is 283 g/mol. The van der Waals surface area contributed by atoms with Crippen LogP contribution in [0, 0.1) is 13.8 Å². The highest BCUT2D eigenvalue weighted by atomic mass is 35.7. The van der Waals surface area contributed by atoms with Crippen LogP contribution in [-0.4, -0.2) is 0 Å². The van der Waals surface area contributed by atoms with E-state index < -0.39 is 6.95 Å². The molecule has 2 aromatic rings. The molecule has 0 fully saturated rings. The highest BCUT2D eigenvalue weighted by Crippen LogP contribution is 2.53. The molecule has 0 amide bonds. The van der Waals surface area contributed by atoms with Gasteiger partial charge in [-0.3, -0.25) is 0 Å². The summed E-state index contributed by atoms with van der Waals surface area (Å²) >= 11 is 5.82. The molecule has 0 N–H and O–H groups in total. The zero-order valence-electron chi connectivity index (χ0n) is 10.7. The van der Waals surface area contributed by atoms with Gasteiger partial charge in [0.1, 0.15) is 11.5 Å². The van der Waals surface area contributed by atoms with Crippen molar-refractivity contribution in [3.63, 3.8) is 0 Å². The van der Waals surface area contributed by atoms with Crippen LogP contribution in [-0.2, 0) is 4.57 Å². The largest absolute Gasteiger partial charge is 0.530 e. The molecule has 3 nitrogen and oxygen atoms in total. The first kappa shape index (κ1) is 14.0. The van der Waals surface area contributed by atoms with Crippen LogP contribution >= 0.6 is 18.2 Å². The third-order valence-corrected chi connectivity index (χ3v) is 3.64. The lowest BCUT2D eigenvalue weighted by Gasteiger charge is -2.14. The standard InChI is InChI=1S/C14H14ClO3P/c1-11-8-12(2)10-14(9-11)18-19(15,16)17-13-6-4-3-5-7-13/h3-10H,1-2H3. The molecule has 1 atom stereocenters. The predicted molar refractivity (Wildman–Crippen MR) is 77.1 cm³/mol. The first-order chi connectivity index (χ1) is 8.94. The van der Waals surface area contributed by atoms with E-state index in [1.54, 1.807) is 36.4 Å². The Labute approximate surface area is 117 Å². The van der Waals surface area contributed by atoms with Crippen molar-refractivity contribution >= 4 is 18.2 Å². The maximum Gasteiger partial charge on any atom is 0.530 e. The minimum Gasteiger partial charge on any atom is -0.405 e. The van der Waals surface area contributed by atoms with Gasteiger partial charge in [-0.05, 0) is 49.2 Å². The van der Waals surface area contributed by atoms with Gasteiger partial charge >= 0.3 is 6.95 Å². The summed E-state index contributed by atoms with van der Waals surface area (Å²) < 4.78 is 22.5. The number of hydrogen-bond acceptors (Lipinski definition) is 3. The van der Waals surface area contributed by atoms with Crippen LogP contribution < -0.4 is 9.05 Å². The number of rotatable bonds is 4. The van der Waals surface area contributed by atoms with E-state index >= 15 is 0 Å². The third kappa shape index (κ3) is 4.30. The van der Waals surface area contributed by atoms with E-state index in [0.29, 0.717) is 11.5 Å². The summed E-state index contributed by atoms with van der Waals surface area (Å²) in [6.07, 6.45) is 0. The molecule has 2 aromatic carbocycles. The Morgan fingerprint density at radius 1 is 0.895 bits per heavy atom. The fraction of sp³-hybridized carbons (Fsp3) is 0.143. The highest BCUT2D eigenvalue weighted by molar-refractivity contribution is 7.82. The van der Waals surface area contributed by atoms with E-state index in [1.165, 1.54) is 0 Å². The summed E-state index contributed by atoms with van der Waals surface area (Å²) in [6.45, 7) is 0.152. The third-order valence-electron chi connectivity index (χ3n) is 2.37. The lowest BCUT2D eigenvalue weighted by molar-refractivity contribution is 0.406. The summed E-state index contributed by atoms with van der Waals surface area (Å²) in [6, 6.07) is 14.2. The first-order valence-corrected chi connectivity index (χ1v) is 8.22. The highest BCUT2D eigenvalue weighted by Gasteiger charge is 2.24. The number of halogens is 1. The smallest absolute Gasteiger partial charge is 0.405 e. The van der Waals surface area contributed by atoms with E-state index in [4.69, 9.17) is 20.3 Å². The minimum atomic E-state index is -3.70. The van der Waals surface area contributed by atoms with Gasteiger partial charge in [0.05, 0.1) is 0 Å². The number of benzene rings is 2. The Morgan fingerprint density at radius 3 is 2.00 bits per heavy atom. The fourth-order valence-electron chi connectivity index (χ4n) is 1.74. The summed E-state index contributed by atoms with van der Waals surface area (Å²) in [4.78, 5) is 0. The summed E-state index contributed by atoms with van der Waals surface area (Å²) in [5, 5.41) is 0. The maximum absolute atomic E-state index is 12.1. The second kappa shape index (κ2) is 5.68. The molecule has 100 valence electrons. The molecule has 2 rings (SSSR count). The van der Waals surface area contributed by atoms with Crippen LogP contribution in [0.4, 0.5) is 0 Å². The molecular formula is C14H14ClO3P. The Kier molecular flexibility index (Phi) is 4.18. The monoisotopic (exact) mass is 296 g/mol. The van der Waals surface area contributed by atoms with Crippen molar-refractivity contribution in [1.82, 2.24) is 0 Å². The van der Waals surface area contributed by atoms with Gasteiger partial charge in [0.25, 0.3) is 0 Å². The van der Waals surface area contributed by atoms with Crippen LogP contribution in [0.3, 0.4) is 0 Å². The number of aryl methyl sites for hydroxylation is 2. The SMILES string of the molecule is Cc1cc(C)cc(OP(=O)(Cl)Oc2ccccc2)c1. The van der Waals surface area contributed by atoms with Gasteiger partial charge in [-0.15, -0.1) is 0 Å². The van der Waals surface area contributed by atoms with E-state index in [9.17, 15) is 4.57 Å². The Balaban J connectivity index is 2.15. The van der Waals surface area contributed by atoms with E-state index in [-0.39, 0.29) is 0 Å². The second-order valence-electron chi connectivity index (χ2n) is 4.25. The van der Waals surface area contributed by atoms with Gasteiger partial charge in [-0.2, -0.15) is 0 Å². The van der Waals surface area contributed by atoms with E-state index in [2.05, 4.69) is 0 Å². The van der Waals surface area contributed by atoms with Crippen molar-refractivity contribution in [3.8, 4) is 11.5 Å². The Morgan fingerprint density at radius 2 is 1.42 bits per heavy atom. The summed E-state index contributed by atoms with van der Waals surface area (Å²) in [5.74, 6) is 0.844. The van der Waals surface area contributed by atoms with Gasteiger partial charge in [-0.1, -0.05) is 24.3 Å². The second-order valence-corrected chi connectivity index (χ2v) is 6.72. The van der Waals surface area contributed by atoms with Crippen molar-refractivity contribution in [3.05, 3.63) is 59.7 Å². The van der Waals surface area contributed by atoms with Crippen molar-refractivity contribution < 1.29 is 13.6 Å². The van der Waals surface area contributed by atoms with E-state index in [1.807, 2.05) is 26.0 Å². The van der Waals surface area contributed by atoms with Crippen LogP contribution in [0.5, 0.6) is 11.5 Å². The summed E-state index contributed by atoms with van der Waals surface area (Å²) in [5.41, 5.74) is 2.01. The molecule has 0 aliphatic carbocycles. The Hall–Kier alpha value is -1.44. The van der Waals surface area contributed by atoms with Crippen LogP contribution in [0.25, 0.3) is 0 Å². The summed E-state index contributed by atoms with van der Waals surface area (Å²) in [7, 11) is 0. The molecule has 5 heteroatoms. The molecule has 0 aliphatic heterocycles. The molecule has 0 saturated carbocycles.